The molecule has 0 aromatic carbocycles. The van der Waals surface area contributed by atoms with Crippen molar-refractivity contribution in [3.05, 3.63) is 16.1 Å². The lowest BCUT2D eigenvalue weighted by Crippen LogP contribution is -2.23. The molecule has 1 rings (SSSR count). The summed E-state index contributed by atoms with van der Waals surface area (Å²) in [6, 6.07) is 0. The second-order valence-electron chi connectivity index (χ2n) is 2.39. The normalized spacial score (nSPS) is 11.8. The summed E-state index contributed by atoms with van der Waals surface area (Å²) in [4.78, 5) is 4.87. The Morgan fingerprint density at radius 3 is 2.85 bits per heavy atom. The van der Waals surface area contributed by atoms with Gasteiger partial charge in [-0.2, -0.15) is 0 Å². The fourth-order valence-corrected chi connectivity index (χ4v) is 2.22. The van der Waals surface area contributed by atoms with E-state index in [9.17, 15) is 8.42 Å². The number of aryl methyl sites for hydroxylation is 1. The Hall–Kier alpha value is -0.170. The van der Waals surface area contributed by atoms with E-state index >= 15 is 0 Å². The summed E-state index contributed by atoms with van der Waals surface area (Å²) in [5.74, 6) is 0. The van der Waals surface area contributed by atoms with Gasteiger partial charge in [-0.1, -0.05) is 0 Å². The van der Waals surface area contributed by atoms with Crippen LogP contribution in [0.1, 0.15) is 9.88 Å². The van der Waals surface area contributed by atoms with Crippen LogP contribution in [-0.2, 0) is 16.6 Å². The molecule has 0 amide bonds. The van der Waals surface area contributed by atoms with Crippen molar-refractivity contribution < 1.29 is 8.42 Å². The summed E-state index contributed by atoms with van der Waals surface area (Å²) in [5, 5.41) is 0.505. The van der Waals surface area contributed by atoms with Gasteiger partial charge in [-0.15, -0.1) is 22.9 Å². The highest BCUT2D eigenvalue weighted by molar-refractivity contribution is 7.90. The molecule has 1 aromatic heterocycles. The number of hydrogen-bond acceptors (Lipinski definition) is 4. The highest BCUT2D eigenvalue weighted by Crippen LogP contribution is 2.11. The molecule has 7 heteroatoms. The minimum atomic E-state index is -3.31. The molecule has 1 aromatic rings. The lowest BCUT2D eigenvalue weighted by molar-refractivity contribution is 0.586. The predicted octanol–water partition coefficient (Wildman–Crippen LogP) is 1.07. The van der Waals surface area contributed by atoms with Crippen LogP contribution in [0.4, 0.5) is 0 Å². The molecule has 0 unspecified atom stereocenters. The minimum Gasteiger partial charge on any atom is -0.250 e. The second-order valence-corrected chi connectivity index (χ2v) is 6.10. The summed E-state index contributed by atoms with van der Waals surface area (Å²) in [6.07, 6.45) is 1.65. The maximum absolute atomic E-state index is 10.9. The van der Waals surface area contributed by atoms with E-state index in [-0.39, 0.29) is 6.54 Å². The molecule has 0 radical (unpaired) electrons. The Morgan fingerprint density at radius 2 is 2.38 bits per heavy atom. The topological polar surface area (TPSA) is 59.1 Å². The average molecular weight is 241 g/mol. The van der Waals surface area contributed by atoms with Gasteiger partial charge in [-0.25, -0.2) is 18.1 Å². The van der Waals surface area contributed by atoms with Gasteiger partial charge in [0.1, 0.15) is 5.21 Å². The van der Waals surface area contributed by atoms with Crippen LogP contribution < -0.4 is 4.72 Å². The minimum absolute atomic E-state index is 0.264. The van der Waals surface area contributed by atoms with Gasteiger partial charge in [0.25, 0.3) is 0 Å². The first kappa shape index (κ1) is 10.9. The van der Waals surface area contributed by atoms with Crippen LogP contribution in [-0.4, -0.2) is 18.6 Å². The van der Waals surface area contributed by atoms with E-state index in [2.05, 4.69) is 9.71 Å². The third-order valence-corrected chi connectivity index (χ3v) is 3.93. The molecular weight excluding hydrogens is 232 g/mol. The zero-order chi connectivity index (χ0) is 9.90. The van der Waals surface area contributed by atoms with Crippen molar-refractivity contribution in [1.29, 1.82) is 0 Å². The van der Waals surface area contributed by atoms with E-state index < -0.39 is 15.2 Å². The lowest BCUT2D eigenvalue weighted by Gasteiger charge is -1.99. The number of nitrogens with one attached hydrogen (secondary N) is 1. The molecule has 0 spiro atoms. The molecule has 0 aliphatic heterocycles. The van der Waals surface area contributed by atoms with E-state index in [1.807, 2.05) is 6.92 Å². The fraction of sp³-hybridized carbons (Fsp3) is 0.500. The van der Waals surface area contributed by atoms with E-state index in [4.69, 9.17) is 11.6 Å². The van der Waals surface area contributed by atoms with E-state index in [1.54, 1.807) is 6.20 Å². The Kier molecular flexibility index (Phi) is 3.66. The van der Waals surface area contributed by atoms with Crippen molar-refractivity contribution in [1.82, 2.24) is 9.71 Å². The first-order valence-electron chi connectivity index (χ1n) is 3.48. The number of sulfonamides is 1. The van der Waals surface area contributed by atoms with Crippen LogP contribution >= 0.6 is 22.9 Å². The first-order valence-corrected chi connectivity index (χ1v) is 6.48. The summed E-state index contributed by atoms with van der Waals surface area (Å²) in [5.41, 5.74) is 0. The largest absolute Gasteiger partial charge is 0.250 e. The number of nitrogens with zero attached hydrogens (tertiary/aromatic N) is 1. The van der Waals surface area contributed by atoms with Gasteiger partial charge < -0.3 is 0 Å². The summed E-state index contributed by atoms with van der Waals surface area (Å²) in [7, 11) is -3.31. The Balaban J connectivity index is 2.53. The number of thiazole rings is 1. The lowest BCUT2D eigenvalue weighted by atomic mass is 10.6. The zero-order valence-corrected chi connectivity index (χ0v) is 9.34. The fourth-order valence-electron chi connectivity index (χ4n) is 0.707. The smallest absolute Gasteiger partial charge is 0.225 e. The third kappa shape index (κ3) is 3.60. The molecule has 0 saturated carbocycles. The van der Waals surface area contributed by atoms with E-state index in [1.165, 1.54) is 11.3 Å². The van der Waals surface area contributed by atoms with Crippen LogP contribution in [0.25, 0.3) is 0 Å². The maximum Gasteiger partial charge on any atom is 0.225 e. The number of alkyl halides is 1. The predicted molar refractivity (Wildman–Crippen MR) is 53.3 cm³/mol. The van der Waals surface area contributed by atoms with Crippen molar-refractivity contribution in [3.63, 3.8) is 0 Å². The van der Waals surface area contributed by atoms with E-state index in [0.717, 1.165) is 9.88 Å². The maximum atomic E-state index is 10.9. The summed E-state index contributed by atoms with van der Waals surface area (Å²) >= 11 is 6.66. The molecule has 4 nitrogen and oxygen atoms in total. The van der Waals surface area contributed by atoms with Crippen molar-refractivity contribution in [2.75, 3.05) is 5.21 Å². The van der Waals surface area contributed by atoms with E-state index in [0.29, 0.717) is 0 Å². The molecule has 74 valence electrons. The number of hydrogen-bond donors (Lipinski definition) is 1. The molecule has 0 bridgehead atoms. The third-order valence-electron chi connectivity index (χ3n) is 1.28. The number of rotatable bonds is 4. The molecule has 0 saturated heterocycles. The molecule has 0 aliphatic rings. The molecule has 1 N–H and O–H groups in total. The second kappa shape index (κ2) is 4.36. The van der Waals surface area contributed by atoms with Crippen LogP contribution in [0, 0.1) is 6.92 Å². The van der Waals surface area contributed by atoms with Crippen LogP contribution in [0.3, 0.4) is 0 Å². The summed E-state index contributed by atoms with van der Waals surface area (Å²) < 4.78 is 24.2. The first-order chi connectivity index (χ1) is 6.03. The van der Waals surface area contributed by atoms with Gasteiger partial charge >= 0.3 is 0 Å². The number of aromatic nitrogens is 1. The van der Waals surface area contributed by atoms with Gasteiger partial charge in [0.05, 0.1) is 5.01 Å². The van der Waals surface area contributed by atoms with Crippen LogP contribution in [0.15, 0.2) is 6.20 Å². The number of halogens is 1. The standard InChI is InChI=1S/C6H9ClN2O2S2/c1-5-8-2-6(12-5)3-9-13(10,11)4-7/h2,9H,3-4H2,1H3. The van der Waals surface area contributed by atoms with Gasteiger partial charge in [0.15, 0.2) is 0 Å². The van der Waals surface area contributed by atoms with Crippen molar-refractivity contribution in [2.45, 2.75) is 13.5 Å². The van der Waals surface area contributed by atoms with Crippen LogP contribution in [0.5, 0.6) is 0 Å². The quantitative estimate of drug-likeness (QED) is 0.801. The van der Waals surface area contributed by atoms with Gasteiger partial charge in [-0.3, -0.25) is 0 Å². The SMILES string of the molecule is Cc1ncc(CNS(=O)(=O)CCl)s1. The highest BCUT2D eigenvalue weighted by Gasteiger charge is 2.07. The molecular formula is C6H9ClN2O2S2. The Labute approximate surface area is 86.0 Å². The Bertz CT molecular complexity index is 374. The van der Waals surface area contributed by atoms with Crippen molar-refractivity contribution in [2.24, 2.45) is 0 Å². The average Bonchev–Trinajstić information content (AvgIpc) is 2.48. The zero-order valence-electron chi connectivity index (χ0n) is 6.95. The van der Waals surface area contributed by atoms with Crippen molar-refractivity contribution >= 4 is 33.0 Å². The van der Waals surface area contributed by atoms with Crippen LogP contribution in [0.2, 0.25) is 0 Å². The monoisotopic (exact) mass is 240 g/mol. The molecule has 0 aliphatic carbocycles. The molecule has 13 heavy (non-hydrogen) atoms. The van der Waals surface area contributed by atoms with Gasteiger partial charge in [0.2, 0.25) is 10.0 Å². The molecule has 0 fully saturated rings. The molecule has 1 heterocycles. The van der Waals surface area contributed by atoms with Gasteiger partial charge in [-0.05, 0) is 6.92 Å². The van der Waals surface area contributed by atoms with Gasteiger partial charge in [0, 0.05) is 17.6 Å². The Morgan fingerprint density at radius 1 is 1.69 bits per heavy atom. The van der Waals surface area contributed by atoms with Crippen molar-refractivity contribution in [3.8, 4) is 0 Å². The summed E-state index contributed by atoms with van der Waals surface area (Å²) in [6.45, 7) is 2.13. The highest BCUT2D eigenvalue weighted by atomic mass is 35.5. The molecule has 0 atom stereocenters.